The molecule has 10 heteroatoms. The van der Waals surface area contributed by atoms with Gasteiger partial charge in [-0.25, -0.2) is 9.67 Å². The van der Waals surface area contributed by atoms with Crippen molar-refractivity contribution in [2.75, 3.05) is 12.3 Å². The number of fused-ring (bicyclic) bond motifs is 1. The van der Waals surface area contributed by atoms with E-state index in [2.05, 4.69) is 36.3 Å². The molecule has 0 atom stereocenters. The Morgan fingerprint density at radius 1 is 1.13 bits per heavy atom. The third-order valence-electron chi connectivity index (χ3n) is 4.55. The zero-order valence-electron chi connectivity index (χ0n) is 16.4. The summed E-state index contributed by atoms with van der Waals surface area (Å²) in [4.78, 5) is 34.2. The molecule has 0 radical (unpaired) electrons. The molecule has 4 aromatic rings. The first-order chi connectivity index (χ1) is 15.1. The van der Waals surface area contributed by atoms with Gasteiger partial charge < -0.3 is 5.32 Å². The number of amides is 1. The lowest BCUT2D eigenvalue weighted by Gasteiger charge is -2.08. The number of halogens is 1. The maximum Gasteiger partial charge on any atom is 0.264 e. The number of nitrogens with zero attached hydrogens (tertiary/aromatic N) is 5. The van der Waals surface area contributed by atoms with E-state index < -0.39 is 0 Å². The Kier molecular flexibility index (Phi) is 6.78. The largest absolute Gasteiger partial charge is 0.354 e. The molecule has 1 amide bonds. The highest BCUT2D eigenvalue weighted by atomic mass is 79.9. The van der Waals surface area contributed by atoms with Crippen molar-refractivity contribution in [3.8, 4) is 0 Å². The van der Waals surface area contributed by atoms with Crippen LogP contribution in [-0.4, -0.2) is 42.5 Å². The molecule has 1 N–H and O–H groups in total. The standard InChI is InChI=1S/C21H19BrN6O2S/c22-16-3-1-15(2-4-16)12-27-14-25-20-18(21(27)30)11-26-28(20)10-9-24-19(29)13-31-17-5-7-23-8-6-17/h1-8,11,14H,9-10,12-13H2,(H,24,29). The summed E-state index contributed by atoms with van der Waals surface area (Å²) < 4.78 is 4.19. The maximum absolute atomic E-state index is 12.8. The van der Waals surface area contributed by atoms with E-state index in [9.17, 15) is 9.59 Å². The van der Waals surface area contributed by atoms with E-state index in [0.29, 0.717) is 36.4 Å². The number of carbonyl (C=O) groups excluding carboxylic acids is 1. The molecule has 0 saturated carbocycles. The summed E-state index contributed by atoms with van der Waals surface area (Å²) in [5.74, 6) is 0.256. The van der Waals surface area contributed by atoms with E-state index in [1.165, 1.54) is 24.3 Å². The number of pyridine rings is 1. The van der Waals surface area contributed by atoms with Crippen molar-refractivity contribution in [3.05, 3.63) is 81.7 Å². The molecule has 0 saturated heterocycles. The Labute approximate surface area is 190 Å². The van der Waals surface area contributed by atoms with Gasteiger partial charge in [-0.05, 0) is 29.8 Å². The molecule has 1 aromatic carbocycles. The fraction of sp³-hybridized carbons (Fsp3) is 0.190. The second-order valence-electron chi connectivity index (χ2n) is 6.73. The van der Waals surface area contributed by atoms with Crippen molar-refractivity contribution in [1.29, 1.82) is 0 Å². The third kappa shape index (κ3) is 5.39. The Morgan fingerprint density at radius 2 is 1.90 bits per heavy atom. The maximum atomic E-state index is 12.8. The molecule has 0 aliphatic heterocycles. The minimum absolute atomic E-state index is 0.0666. The third-order valence-corrected chi connectivity index (χ3v) is 6.09. The van der Waals surface area contributed by atoms with Gasteiger partial charge in [0.25, 0.3) is 5.56 Å². The number of aromatic nitrogens is 5. The summed E-state index contributed by atoms with van der Waals surface area (Å²) in [7, 11) is 0. The van der Waals surface area contributed by atoms with Crippen molar-refractivity contribution in [2.45, 2.75) is 18.0 Å². The zero-order valence-corrected chi connectivity index (χ0v) is 18.8. The van der Waals surface area contributed by atoms with Gasteiger partial charge in [-0.2, -0.15) is 5.10 Å². The van der Waals surface area contributed by atoms with Crippen LogP contribution in [0.25, 0.3) is 11.0 Å². The molecule has 0 unspecified atom stereocenters. The van der Waals surface area contributed by atoms with E-state index in [1.54, 1.807) is 21.6 Å². The number of rotatable bonds is 8. The Balaban J connectivity index is 1.35. The summed E-state index contributed by atoms with van der Waals surface area (Å²) in [6, 6.07) is 11.5. The van der Waals surface area contributed by atoms with E-state index in [0.717, 1.165) is 14.9 Å². The monoisotopic (exact) mass is 498 g/mol. The molecule has 8 nitrogen and oxygen atoms in total. The SMILES string of the molecule is O=C(CSc1ccncc1)NCCn1ncc2c(=O)n(Cc3ccc(Br)cc3)cnc21. The van der Waals surface area contributed by atoms with E-state index in [1.807, 2.05) is 36.4 Å². The highest BCUT2D eigenvalue weighted by molar-refractivity contribution is 9.10. The molecular weight excluding hydrogens is 480 g/mol. The van der Waals surface area contributed by atoms with Crippen molar-refractivity contribution < 1.29 is 4.79 Å². The van der Waals surface area contributed by atoms with Gasteiger partial charge >= 0.3 is 0 Å². The molecule has 31 heavy (non-hydrogen) atoms. The van der Waals surface area contributed by atoms with Crippen molar-refractivity contribution in [3.63, 3.8) is 0 Å². The van der Waals surface area contributed by atoms with E-state index in [4.69, 9.17) is 0 Å². The number of nitrogens with one attached hydrogen (secondary N) is 1. The molecule has 3 heterocycles. The summed E-state index contributed by atoms with van der Waals surface area (Å²) in [6.07, 6.45) is 6.46. The summed E-state index contributed by atoms with van der Waals surface area (Å²) in [5.41, 5.74) is 1.38. The zero-order chi connectivity index (χ0) is 21.6. The molecule has 4 rings (SSSR count). The molecule has 0 bridgehead atoms. The lowest BCUT2D eigenvalue weighted by Crippen LogP contribution is -2.29. The van der Waals surface area contributed by atoms with Crippen molar-refractivity contribution >= 4 is 44.6 Å². The second kappa shape index (κ2) is 9.88. The van der Waals surface area contributed by atoms with Crippen molar-refractivity contribution in [2.24, 2.45) is 0 Å². The van der Waals surface area contributed by atoms with Crippen LogP contribution in [0.4, 0.5) is 0 Å². The first-order valence-corrected chi connectivity index (χ1v) is 11.3. The average Bonchev–Trinajstić information content (AvgIpc) is 3.20. The number of thioether (sulfide) groups is 1. The minimum atomic E-state index is -0.142. The van der Waals surface area contributed by atoms with Gasteiger partial charge in [0.1, 0.15) is 11.7 Å². The van der Waals surface area contributed by atoms with Crippen molar-refractivity contribution in [1.82, 2.24) is 29.6 Å². The number of hydrogen-bond acceptors (Lipinski definition) is 6. The first kappa shape index (κ1) is 21.3. The molecule has 0 spiro atoms. The Hall–Kier alpha value is -2.98. The van der Waals surface area contributed by atoms with Gasteiger partial charge in [0, 0.05) is 28.3 Å². The van der Waals surface area contributed by atoms with Gasteiger partial charge in [0.15, 0.2) is 5.65 Å². The molecular formula is C21H19BrN6O2S. The number of hydrogen-bond donors (Lipinski definition) is 1. The minimum Gasteiger partial charge on any atom is -0.354 e. The van der Waals surface area contributed by atoms with Crippen LogP contribution in [0.3, 0.4) is 0 Å². The highest BCUT2D eigenvalue weighted by Crippen LogP contribution is 2.15. The summed E-state index contributed by atoms with van der Waals surface area (Å²) in [5, 5.41) is 7.60. The summed E-state index contributed by atoms with van der Waals surface area (Å²) >= 11 is 4.86. The highest BCUT2D eigenvalue weighted by Gasteiger charge is 2.11. The van der Waals surface area contributed by atoms with Crippen LogP contribution in [0.2, 0.25) is 0 Å². The van der Waals surface area contributed by atoms with Crippen LogP contribution >= 0.6 is 27.7 Å². The van der Waals surface area contributed by atoms with Crippen LogP contribution in [0.5, 0.6) is 0 Å². The normalized spacial score (nSPS) is 11.0. The number of benzene rings is 1. The molecule has 158 valence electrons. The first-order valence-electron chi connectivity index (χ1n) is 9.55. The smallest absolute Gasteiger partial charge is 0.264 e. The second-order valence-corrected chi connectivity index (χ2v) is 8.70. The van der Waals surface area contributed by atoms with Crippen LogP contribution in [0.15, 0.2) is 75.5 Å². The van der Waals surface area contributed by atoms with Crippen LogP contribution in [0, 0.1) is 0 Å². The number of carbonyl (C=O) groups is 1. The lowest BCUT2D eigenvalue weighted by molar-refractivity contribution is -0.118. The Bertz CT molecular complexity index is 1240. The van der Waals surface area contributed by atoms with Crippen LogP contribution in [0.1, 0.15) is 5.56 Å². The van der Waals surface area contributed by atoms with Crippen LogP contribution in [-0.2, 0) is 17.9 Å². The molecule has 0 aliphatic rings. The topological polar surface area (TPSA) is 94.7 Å². The lowest BCUT2D eigenvalue weighted by atomic mass is 10.2. The van der Waals surface area contributed by atoms with Gasteiger partial charge in [-0.3, -0.25) is 19.1 Å². The predicted molar refractivity (Wildman–Crippen MR) is 123 cm³/mol. The van der Waals surface area contributed by atoms with Gasteiger partial charge in [-0.1, -0.05) is 28.1 Å². The van der Waals surface area contributed by atoms with Gasteiger partial charge in [-0.15, -0.1) is 11.8 Å². The summed E-state index contributed by atoms with van der Waals surface area (Å²) in [6.45, 7) is 1.26. The van der Waals surface area contributed by atoms with Gasteiger partial charge in [0.2, 0.25) is 5.91 Å². The van der Waals surface area contributed by atoms with Crippen LogP contribution < -0.4 is 10.9 Å². The van der Waals surface area contributed by atoms with E-state index >= 15 is 0 Å². The van der Waals surface area contributed by atoms with Gasteiger partial charge in [0.05, 0.1) is 25.0 Å². The quantitative estimate of drug-likeness (QED) is 0.375. The Morgan fingerprint density at radius 3 is 2.68 bits per heavy atom. The molecule has 0 fully saturated rings. The molecule has 3 aromatic heterocycles. The fourth-order valence-corrected chi connectivity index (χ4v) is 3.97. The predicted octanol–water partition coefficient (Wildman–Crippen LogP) is 2.71. The fourth-order valence-electron chi connectivity index (χ4n) is 3.00. The van der Waals surface area contributed by atoms with E-state index in [-0.39, 0.29) is 11.5 Å². The molecule has 0 aliphatic carbocycles. The average molecular weight is 499 g/mol.